The number of fused-ring (bicyclic) bond motifs is 1. The lowest BCUT2D eigenvalue weighted by Crippen LogP contribution is -2.31. The van der Waals surface area contributed by atoms with Gasteiger partial charge in [0.15, 0.2) is 5.82 Å². The smallest absolute Gasteiger partial charge is 0.265 e. The molecule has 0 saturated carbocycles. The molecule has 0 atom stereocenters. The lowest BCUT2D eigenvalue weighted by Gasteiger charge is -2.29. The van der Waals surface area contributed by atoms with Crippen LogP contribution in [0.1, 0.15) is 30.9 Å². The highest BCUT2D eigenvalue weighted by Gasteiger charge is 2.24. The summed E-state index contributed by atoms with van der Waals surface area (Å²) in [6.45, 7) is 2.03. The van der Waals surface area contributed by atoms with Crippen LogP contribution in [0, 0.1) is 0 Å². The molecule has 6 nitrogen and oxygen atoms in total. The third-order valence-electron chi connectivity index (χ3n) is 5.29. The van der Waals surface area contributed by atoms with Crippen LogP contribution < -0.4 is 4.90 Å². The van der Waals surface area contributed by atoms with Gasteiger partial charge in [-0.05, 0) is 45.1 Å². The van der Waals surface area contributed by atoms with E-state index in [9.17, 15) is 8.78 Å². The molecule has 0 bridgehead atoms. The molecule has 9 heteroatoms. The molecule has 0 spiro atoms. The van der Waals surface area contributed by atoms with Crippen LogP contribution in [0.3, 0.4) is 0 Å². The minimum atomic E-state index is -2.67. The molecule has 3 aromatic heterocycles. The van der Waals surface area contributed by atoms with Crippen molar-refractivity contribution >= 4 is 34.1 Å². The van der Waals surface area contributed by atoms with Crippen LogP contribution in [-0.4, -0.2) is 51.8 Å². The van der Waals surface area contributed by atoms with Crippen molar-refractivity contribution in [1.82, 2.24) is 24.6 Å². The second kappa shape index (κ2) is 7.60. The van der Waals surface area contributed by atoms with Crippen LogP contribution in [0.15, 0.2) is 30.7 Å². The Balaban J connectivity index is 1.76. The fraction of sp³-hybridized carbons (Fsp3) is 0.421. The van der Waals surface area contributed by atoms with Crippen molar-refractivity contribution in [2.45, 2.75) is 25.3 Å². The summed E-state index contributed by atoms with van der Waals surface area (Å²) in [5.74, 6) is 0.996. The summed E-state index contributed by atoms with van der Waals surface area (Å²) in [7, 11) is 3.88. The summed E-state index contributed by atoms with van der Waals surface area (Å²) in [5, 5.41) is 5.65. The van der Waals surface area contributed by atoms with Crippen molar-refractivity contribution in [3.05, 3.63) is 41.3 Å². The number of anilines is 2. The summed E-state index contributed by atoms with van der Waals surface area (Å²) >= 11 is 5.86. The molecule has 4 heterocycles. The highest BCUT2D eigenvalue weighted by molar-refractivity contribution is 6.31. The SMILES string of the molecule is CN1CCC(n2nc(N(C)c3cc(C(F)F)c(Cl)cn3)c3cnccc32)CC1. The average molecular weight is 407 g/mol. The Bertz CT molecular complexity index is 984. The van der Waals surface area contributed by atoms with Gasteiger partial charge in [-0.1, -0.05) is 11.6 Å². The molecule has 1 aliphatic rings. The Morgan fingerprint density at radius 1 is 1.25 bits per heavy atom. The van der Waals surface area contributed by atoms with E-state index in [0.29, 0.717) is 11.6 Å². The molecule has 148 valence electrons. The molecular weight excluding hydrogens is 386 g/mol. The van der Waals surface area contributed by atoms with Crippen LogP contribution >= 0.6 is 11.6 Å². The molecule has 0 N–H and O–H groups in total. The first-order valence-electron chi connectivity index (χ1n) is 9.14. The zero-order chi connectivity index (χ0) is 19.8. The lowest BCUT2D eigenvalue weighted by molar-refractivity contribution is 0.151. The number of nitrogens with zero attached hydrogens (tertiary/aromatic N) is 6. The quantitative estimate of drug-likeness (QED) is 0.640. The third kappa shape index (κ3) is 3.42. The van der Waals surface area contributed by atoms with Crippen LogP contribution in [0.5, 0.6) is 0 Å². The second-order valence-corrected chi connectivity index (χ2v) is 7.53. The van der Waals surface area contributed by atoms with Crippen molar-refractivity contribution in [3.63, 3.8) is 0 Å². The van der Waals surface area contributed by atoms with E-state index in [2.05, 4.69) is 21.9 Å². The monoisotopic (exact) mass is 406 g/mol. The lowest BCUT2D eigenvalue weighted by atomic mass is 10.1. The second-order valence-electron chi connectivity index (χ2n) is 7.12. The molecule has 4 rings (SSSR count). The molecule has 1 fully saturated rings. The first kappa shape index (κ1) is 19.0. The summed E-state index contributed by atoms with van der Waals surface area (Å²) < 4.78 is 28.5. The van der Waals surface area contributed by atoms with Gasteiger partial charge in [-0.15, -0.1) is 0 Å². The molecule has 28 heavy (non-hydrogen) atoms. The van der Waals surface area contributed by atoms with Crippen molar-refractivity contribution < 1.29 is 8.78 Å². The summed E-state index contributed by atoms with van der Waals surface area (Å²) in [6.07, 6.45) is 4.10. The van der Waals surface area contributed by atoms with Gasteiger partial charge in [-0.2, -0.15) is 5.10 Å². The van der Waals surface area contributed by atoms with Gasteiger partial charge in [-0.3, -0.25) is 9.67 Å². The first-order chi connectivity index (χ1) is 13.5. The fourth-order valence-corrected chi connectivity index (χ4v) is 3.82. The molecule has 0 unspecified atom stereocenters. The molecule has 0 aromatic carbocycles. The number of pyridine rings is 2. The van der Waals surface area contributed by atoms with E-state index in [1.807, 2.05) is 10.7 Å². The van der Waals surface area contributed by atoms with Gasteiger partial charge in [0, 0.05) is 31.2 Å². The minimum absolute atomic E-state index is 0.0458. The maximum Gasteiger partial charge on any atom is 0.265 e. The molecule has 3 aromatic rings. The Hall–Kier alpha value is -2.32. The maximum atomic E-state index is 13.2. The molecule has 1 aliphatic heterocycles. The van der Waals surface area contributed by atoms with Gasteiger partial charge in [0.1, 0.15) is 5.82 Å². The average Bonchev–Trinajstić information content (AvgIpc) is 3.08. The topological polar surface area (TPSA) is 50.1 Å². The van der Waals surface area contributed by atoms with Crippen LogP contribution in [-0.2, 0) is 0 Å². The van der Waals surface area contributed by atoms with E-state index in [-0.39, 0.29) is 16.6 Å². The number of likely N-dealkylation sites (tertiary alicyclic amines) is 1. The number of aromatic nitrogens is 4. The zero-order valence-corrected chi connectivity index (χ0v) is 16.4. The van der Waals surface area contributed by atoms with Crippen LogP contribution in [0.4, 0.5) is 20.4 Å². The zero-order valence-electron chi connectivity index (χ0n) is 15.7. The molecule has 1 saturated heterocycles. The van der Waals surface area contributed by atoms with Crippen LogP contribution in [0.25, 0.3) is 10.9 Å². The molecular formula is C19H21ClF2N6. The largest absolute Gasteiger partial charge is 0.312 e. The number of hydrogen-bond acceptors (Lipinski definition) is 5. The summed E-state index contributed by atoms with van der Waals surface area (Å²) in [5.41, 5.74) is 0.741. The van der Waals surface area contributed by atoms with Gasteiger partial charge < -0.3 is 9.80 Å². The number of hydrogen-bond donors (Lipinski definition) is 0. The number of halogens is 3. The van der Waals surface area contributed by atoms with Gasteiger partial charge in [0.2, 0.25) is 0 Å². The molecule has 0 amide bonds. The number of alkyl halides is 2. The third-order valence-corrected chi connectivity index (χ3v) is 5.61. The van der Waals surface area contributed by atoms with Gasteiger partial charge in [0.05, 0.1) is 22.0 Å². The number of piperidine rings is 1. The highest BCUT2D eigenvalue weighted by Crippen LogP contribution is 2.35. The van der Waals surface area contributed by atoms with Gasteiger partial charge in [-0.25, -0.2) is 13.8 Å². The highest BCUT2D eigenvalue weighted by atomic mass is 35.5. The van der Waals surface area contributed by atoms with Crippen LogP contribution in [0.2, 0.25) is 5.02 Å². The standard InChI is InChI=1S/C19H21ClF2N6/c1-26-7-4-12(5-8-26)28-16-3-6-23-10-14(16)19(25-28)27(2)17-9-13(18(21)22)15(20)11-24-17/h3,6,9-12,18H,4-5,7-8H2,1-2H3. The van der Waals surface area contributed by atoms with E-state index in [1.54, 1.807) is 24.3 Å². The van der Waals surface area contributed by atoms with E-state index in [1.165, 1.54) is 12.3 Å². The fourth-order valence-electron chi connectivity index (χ4n) is 3.64. The van der Waals surface area contributed by atoms with Crippen molar-refractivity contribution in [1.29, 1.82) is 0 Å². The minimum Gasteiger partial charge on any atom is -0.312 e. The van der Waals surface area contributed by atoms with Crippen molar-refractivity contribution in [3.8, 4) is 0 Å². The Morgan fingerprint density at radius 2 is 2.00 bits per heavy atom. The first-order valence-corrected chi connectivity index (χ1v) is 9.51. The van der Waals surface area contributed by atoms with Crippen molar-refractivity contribution in [2.24, 2.45) is 0 Å². The predicted molar refractivity (Wildman–Crippen MR) is 106 cm³/mol. The predicted octanol–water partition coefficient (Wildman–Crippen LogP) is 4.45. The molecule has 0 aliphatic carbocycles. The van der Waals surface area contributed by atoms with Gasteiger partial charge in [0.25, 0.3) is 6.43 Å². The Kier molecular flexibility index (Phi) is 5.16. The van der Waals surface area contributed by atoms with E-state index in [4.69, 9.17) is 16.7 Å². The Labute approximate surface area is 166 Å². The van der Waals surface area contributed by atoms with E-state index in [0.717, 1.165) is 36.8 Å². The maximum absolute atomic E-state index is 13.2. The Morgan fingerprint density at radius 3 is 2.71 bits per heavy atom. The van der Waals surface area contributed by atoms with E-state index >= 15 is 0 Å². The van der Waals surface area contributed by atoms with E-state index < -0.39 is 6.43 Å². The van der Waals surface area contributed by atoms with Gasteiger partial charge >= 0.3 is 0 Å². The summed E-state index contributed by atoms with van der Waals surface area (Å²) in [6, 6.07) is 3.54. The van der Waals surface area contributed by atoms with Crippen molar-refractivity contribution in [2.75, 3.05) is 32.1 Å². The number of rotatable bonds is 4. The normalized spacial score (nSPS) is 16.2. The summed E-state index contributed by atoms with van der Waals surface area (Å²) in [4.78, 5) is 12.5. The molecule has 0 radical (unpaired) electrons.